The van der Waals surface area contributed by atoms with Gasteiger partial charge in [-0.1, -0.05) is 27.2 Å². The quantitative estimate of drug-likeness (QED) is 0.668. The fraction of sp³-hybridized carbons (Fsp3) is 0.778. The van der Waals surface area contributed by atoms with E-state index in [1.165, 1.54) is 6.42 Å². The summed E-state index contributed by atoms with van der Waals surface area (Å²) in [5.41, 5.74) is 0. The van der Waals surface area contributed by atoms with Crippen LogP contribution in [0.1, 0.15) is 41.0 Å². The van der Waals surface area contributed by atoms with Crippen LogP contribution >= 0.6 is 0 Å². The Morgan fingerprint density at radius 3 is 1.15 bits per heavy atom. The van der Waals surface area contributed by atoms with Crippen LogP contribution in [0.15, 0.2) is 0 Å². The van der Waals surface area contributed by atoms with Crippen LogP contribution in [0.25, 0.3) is 0 Å². The van der Waals surface area contributed by atoms with Crippen LogP contribution in [0.5, 0.6) is 0 Å². The van der Waals surface area contributed by atoms with E-state index in [1.54, 1.807) is 0 Å². The Kier molecular flexibility index (Phi) is 18.6. The zero-order chi connectivity index (χ0) is 11.4. The van der Waals surface area contributed by atoms with Crippen LogP contribution in [0.3, 0.4) is 0 Å². The molecule has 4 nitrogen and oxygen atoms in total. The molecule has 0 aliphatic carbocycles. The standard InChI is InChI=1S/C5H12.2C2H4O2/c1-4-5(2)3;2*1-2(3)4/h5H,4H2,1-3H3;2*1H3,(H,3,4). The molecule has 0 aromatic carbocycles. The van der Waals surface area contributed by atoms with E-state index in [-0.39, 0.29) is 0 Å². The van der Waals surface area contributed by atoms with Gasteiger partial charge in [0.1, 0.15) is 0 Å². The highest BCUT2D eigenvalue weighted by atomic mass is 16.4. The Morgan fingerprint density at radius 1 is 1.08 bits per heavy atom. The molecule has 0 aromatic heterocycles. The molecule has 0 aliphatic heterocycles. The Morgan fingerprint density at radius 2 is 1.15 bits per heavy atom. The van der Waals surface area contributed by atoms with E-state index < -0.39 is 11.9 Å². The van der Waals surface area contributed by atoms with Gasteiger partial charge < -0.3 is 10.2 Å². The van der Waals surface area contributed by atoms with Crippen LogP contribution in [-0.2, 0) is 9.59 Å². The Hall–Kier alpha value is -1.06. The van der Waals surface area contributed by atoms with E-state index in [9.17, 15) is 0 Å². The second-order valence-corrected chi connectivity index (χ2v) is 2.84. The van der Waals surface area contributed by atoms with Crippen molar-refractivity contribution in [3.63, 3.8) is 0 Å². The van der Waals surface area contributed by atoms with Crippen molar-refractivity contribution in [1.29, 1.82) is 0 Å². The molecule has 0 saturated carbocycles. The summed E-state index contributed by atoms with van der Waals surface area (Å²) >= 11 is 0. The Bertz CT molecular complexity index is 110. The van der Waals surface area contributed by atoms with E-state index in [4.69, 9.17) is 19.8 Å². The molecule has 0 fully saturated rings. The van der Waals surface area contributed by atoms with Crippen molar-refractivity contribution in [3.05, 3.63) is 0 Å². The maximum absolute atomic E-state index is 9.00. The normalized spacial score (nSPS) is 7.54. The number of carbonyl (C=O) groups is 2. The van der Waals surface area contributed by atoms with Gasteiger partial charge in [-0.25, -0.2) is 0 Å². The van der Waals surface area contributed by atoms with Gasteiger partial charge in [0, 0.05) is 13.8 Å². The van der Waals surface area contributed by atoms with Gasteiger partial charge in [0.05, 0.1) is 0 Å². The molecular weight excluding hydrogens is 172 g/mol. The lowest BCUT2D eigenvalue weighted by molar-refractivity contribution is -0.135. The average Bonchev–Trinajstić information content (AvgIpc) is 1.84. The molecule has 0 aliphatic rings. The molecule has 13 heavy (non-hydrogen) atoms. The fourth-order valence-electron chi connectivity index (χ4n) is 0. The van der Waals surface area contributed by atoms with E-state index >= 15 is 0 Å². The Labute approximate surface area is 79.6 Å². The third-order valence-corrected chi connectivity index (χ3v) is 0.816. The zero-order valence-corrected chi connectivity index (χ0v) is 9.00. The van der Waals surface area contributed by atoms with Crippen LogP contribution in [0.4, 0.5) is 0 Å². The zero-order valence-electron chi connectivity index (χ0n) is 9.00. The third-order valence-electron chi connectivity index (χ3n) is 0.816. The maximum atomic E-state index is 9.00. The fourth-order valence-corrected chi connectivity index (χ4v) is 0. The molecule has 0 unspecified atom stereocenters. The molecule has 0 spiro atoms. The maximum Gasteiger partial charge on any atom is 0.300 e. The summed E-state index contributed by atoms with van der Waals surface area (Å²) in [4.78, 5) is 18.0. The molecular formula is C9H20O4. The largest absolute Gasteiger partial charge is 0.481 e. The summed E-state index contributed by atoms with van der Waals surface area (Å²) in [7, 11) is 0. The molecule has 0 saturated heterocycles. The van der Waals surface area contributed by atoms with Gasteiger partial charge in [-0.05, 0) is 5.92 Å². The first-order chi connectivity index (χ1) is 5.73. The van der Waals surface area contributed by atoms with Gasteiger partial charge >= 0.3 is 0 Å². The van der Waals surface area contributed by atoms with E-state index in [2.05, 4.69) is 20.8 Å². The lowest BCUT2D eigenvalue weighted by Gasteiger charge is -1.90. The molecule has 4 heteroatoms. The number of hydrogen-bond acceptors (Lipinski definition) is 2. The monoisotopic (exact) mass is 192 g/mol. The smallest absolute Gasteiger partial charge is 0.300 e. The topological polar surface area (TPSA) is 74.6 Å². The first-order valence-electron chi connectivity index (χ1n) is 4.13. The molecule has 0 atom stereocenters. The first-order valence-corrected chi connectivity index (χ1v) is 4.13. The van der Waals surface area contributed by atoms with E-state index in [1.807, 2.05) is 0 Å². The minimum absolute atomic E-state index is 0.833. The molecule has 0 amide bonds. The highest BCUT2D eigenvalue weighted by molar-refractivity contribution is 5.63. The highest BCUT2D eigenvalue weighted by Crippen LogP contribution is 1.93. The van der Waals surface area contributed by atoms with Crippen molar-refractivity contribution in [3.8, 4) is 0 Å². The van der Waals surface area contributed by atoms with Gasteiger partial charge in [-0.2, -0.15) is 0 Å². The first kappa shape index (κ1) is 17.9. The number of rotatable bonds is 1. The lowest BCUT2D eigenvalue weighted by Crippen LogP contribution is -1.78. The second kappa shape index (κ2) is 13.5. The van der Waals surface area contributed by atoms with Crippen LogP contribution < -0.4 is 0 Å². The average molecular weight is 192 g/mol. The lowest BCUT2D eigenvalue weighted by atomic mass is 10.2. The summed E-state index contributed by atoms with van der Waals surface area (Å²) in [5.74, 6) is -0.782. The van der Waals surface area contributed by atoms with Gasteiger partial charge in [0.25, 0.3) is 11.9 Å². The van der Waals surface area contributed by atoms with E-state index in [0.717, 1.165) is 19.8 Å². The molecule has 0 bridgehead atoms. The molecule has 0 heterocycles. The minimum Gasteiger partial charge on any atom is -0.481 e. The van der Waals surface area contributed by atoms with Gasteiger partial charge in [0.15, 0.2) is 0 Å². The number of carboxylic acid groups (broad SMARTS) is 2. The third kappa shape index (κ3) is 990. The van der Waals surface area contributed by atoms with Crippen molar-refractivity contribution < 1.29 is 19.8 Å². The van der Waals surface area contributed by atoms with Crippen molar-refractivity contribution in [1.82, 2.24) is 0 Å². The molecule has 0 rings (SSSR count). The SMILES string of the molecule is CC(=O)O.CC(=O)O.CCC(C)C. The number of aliphatic carboxylic acids is 2. The summed E-state index contributed by atoms with van der Waals surface area (Å²) in [6.07, 6.45) is 1.31. The summed E-state index contributed by atoms with van der Waals surface area (Å²) < 4.78 is 0. The predicted octanol–water partition coefficient (Wildman–Crippen LogP) is 2.23. The second-order valence-electron chi connectivity index (χ2n) is 2.84. The van der Waals surface area contributed by atoms with Crippen molar-refractivity contribution >= 4 is 11.9 Å². The highest BCUT2D eigenvalue weighted by Gasteiger charge is 1.80. The van der Waals surface area contributed by atoms with E-state index in [0.29, 0.717) is 0 Å². The summed E-state index contributed by atoms with van der Waals surface area (Å²) in [6.45, 7) is 8.81. The Balaban J connectivity index is -0.000000117. The molecule has 0 aromatic rings. The van der Waals surface area contributed by atoms with Crippen molar-refractivity contribution in [2.75, 3.05) is 0 Å². The minimum atomic E-state index is -0.833. The van der Waals surface area contributed by atoms with Crippen molar-refractivity contribution in [2.24, 2.45) is 5.92 Å². The summed E-state index contributed by atoms with van der Waals surface area (Å²) in [6, 6.07) is 0. The van der Waals surface area contributed by atoms with Gasteiger partial charge in [0.2, 0.25) is 0 Å². The molecule has 0 radical (unpaired) electrons. The van der Waals surface area contributed by atoms with Crippen LogP contribution in [0, 0.1) is 5.92 Å². The molecule has 2 N–H and O–H groups in total. The van der Waals surface area contributed by atoms with Crippen LogP contribution in [-0.4, -0.2) is 22.2 Å². The van der Waals surface area contributed by atoms with Gasteiger partial charge in [-0.3, -0.25) is 9.59 Å². The van der Waals surface area contributed by atoms with Crippen LogP contribution in [0.2, 0.25) is 0 Å². The predicted molar refractivity (Wildman–Crippen MR) is 51.7 cm³/mol. The number of carboxylic acids is 2. The van der Waals surface area contributed by atoms with Gasteiger partial charge in [-0.15, -0.1) is 0 Å². The summed E-state index contributed by atoms with van der Waals surface area (Å²) in [5, 5.41) is 14.8. The molecule has 80 valence electrons. The van der Waals surface area contributed by atoms with Crippen molar-refractivity contribution in [2.45, 2.75) is 41.0 Å². The number of hydrogen-bond donors (Lipinski definition) is 2.